The van der Waals surface area contributed by atoms with E-state index in [0.717, 1.165) is 17.2 Å². The van der Waals surface area contributed by atoms with Crippen LogP contribution in [0.15, 0.2) is 47.4 Å². The Morgan fingerprint density at radius 2 is 1.71 bits per heavy atom. The van der Waals surface area contributed by atoms with E-state index in [9.17, 15) is 17.9 Å². The first-order valence-electron chi connectivity index (χ1n) is 6.52. The van der Waals surface area contributed by atoms with Crippen molar-refractivity contribution in [1.29, 1.82) is 0 Å². The molecule has 0 saturated heterocycles. The highest BCUT2D eigenvalue weighted by Crippen LogP contribution is 2.22. The number of rotatable bonds is 4. The molecule has 0 aliphatic carbocycles. The van der Waals surface area contributed by atoms with Crippen molar-refractivity contribution >= 4 is 9.84 Å². The fourth-order valence-electron chi connectivity index (χ4n) is 2.26. The third-order valence-corrected chi connectivity index (χ3v) is 4.89. The molecule has 21 heavy (non-hydrogen) atoms. The first kappa shape index (κ1) is 15.7. The number of hydrogen-bond acceptors (Lipinski definition) is 3. The largest absolute Gasteiger partial charge is 0.387 e. The van der Waals surface area contributed by atoms with Crippen LogP contribution in [0.2, 0.25) is 0 Å². The minimum atomic E-state index is -3.75. The Balaban J connectivity index is 2.27. The number of sulfone groups is 1. The average Bonchev–Trinajstić information content (AvgIpc) is 2.37. The molecule has 0 fully saturated rings. The molecule has 0 aliphatic rings. The summed E-state index contributed by atoms with van der Waals surface area (Å²) in [6.45, 7) is 3.76. The van der Waals surface area contributed by atoms with Gasteiger partial charge in [0.1, 0.15) is 5.82 Å². The van der Waals surface area contributed by atoms with E-state index in [1.807, 2.05) is 19.9 Å². The van der Waals surface area contributed by atoms with Crippen molar-refractivity contribution in [3.8, 4) is 0 Å². The summed E-state index contributed by atoms with van der Waals surface area (Å²) in [5.41, 5.74) is 2.45. The Morgan fingerprint density at radius 3 is 2.29 bits per heavy atom. The average molecular weight is 308 g/mol. The van der Waals surface area contributed by atoms with Gasteiger partial charge in [-0.15, -0.1) is 0 Å². The van der Waals surface area contributed by atoms with Gasteiger partial charge in [-0.1, -0.05) is 35.4 Å². The Bertz CT molecular complexity index is 734. The molecule has 5 heteroatoms. The highest BCUT2D eigenvalue weighted by molar-refractivity contribution is 7.91. The second kappa shape index (κ2) is 5.95. The zero-order valence-electron chi connectivity index (χ0n) is 11.9. The summed E-state index contributed by atoms with van der Waals surface area (Å²) in [6, 6.07) is 10.2. The summed E-state index contributed by atoms with van der Waals surface area (Å²) < 4.78 is 37.6. The van der Waals surface area contributed by atoms with Gasteiger partial charge in [-0.05, 0) is 37.6 Å². The Labute approximate surface area is 124 Å². The minimum Gasteiger partial charge on any atom is -0.387 e. The van der Waals surface area contributed by atoms with Gasteiger partial charge >= 0.3 is 0 Å². The Kier molecular flexibility index (Phi) is 4.44. The summed E-state index contributed by atoms with van der Waals surface area (Å²) in [5, 5.41) is 10.2. The summed E-state index contributed by atoms with van der Waals surface area (Å²) in [5.74, 6) is -1.09. The van der Waals surface area contributed by atoms with Gasteiger partial charge in [0.2, 0.25) is 0 Å². The van der Waals surface area contributed by atoms with E-state index in [1.165, 1.54) is 18.2 Å². The lowest BCUT2D eigenvalue weighted by molar-refractivity contribution is 0.201. The summed E-state index contributed by atoms with van der Waals surface area (Å²) in [6.07, 6.45) is -1.14. The van der Waals surface area contributed by atoms with Crippen molar-refractivity contribution in [2.75, 3.05) is 5.75 Å². The molecule has 1 atom stereocenters. The molecule has 0 bridgehead atoms. The van der Waals surface area contributed by atoms with Crippen LogP contribution in [0.4, 0.5) is 4.39 Å². The molecule has 0 radical (unpaired) electrons. The van der Waals surface area contributed by atoms with Gasteiger partial charge in [0.15, 0.2) is 9.84 Å². The maximum absolute atomic E-state index is 13.1. The molecule has 2 aromatic carbocycles. The number of aryl methyl sites for hydroxylation is 2. The molecule has 0 aliphatic heterocycles. The fraction of sp³-hybridized carbons (Fsp3) is 0.250. The normalized spacial score (nSPS) is 13.1. The summed E-state index contributed by atoms with van der Waals surface area (Å²) in [7, 11) is -3.75. The molecule has 2 aromatic rings. The van der Waals surface area contributed by atoms with Crippen molar-refractivity contribution in [3.05, 3.63) is 65.0 Å². The maximum atomic E-state index is 13.1. The molecule has 1 unspecified atom stereocenters. The molecule has 1 N–H and O–H groups in total. The van der Waals surface area contributed by atoms with Crippen LogP contribution < -0.4 is 0 Å². The van der Waals surface area contributed by atoms with Crippen LogP contribution in [-0.2, 0) is 9.84 Å². The zero-order chi connectivity index (χ0) is 15.6. The van der Waals surface area contributed by atoms with Crippen LogP contribution in [0, 0.1) is 19.7 Å². The third kappa shape index (κ3) is 3.89. The van der Waals surface area contributed by atoms with Crippen molar-refractivity contribution in [3.63, 3.8) is 0 Å². The van der Waals surface area contributed by atoms with E-state index >= 15 is 0 Å². The highest BCUT2D eigenvalue weighted by atomic mass is 32.2. The standard InChI is InChI=1S/C16H17FO3S/c1-11-6-12(2)8-13(7-11)16(18)10-21(19,20)15-5-3-4-14(17)9-15/h3-9,16,18H,10H2,1-2H3. The van der Waals surface area contributed by atoms with Gasteiger partial charge in [-0.3, -0.25) is 0 Å². The first-order valence-corrected chi connectivity index (χ1v) is 8.18. The van der Waals surface area contributed by atoms with Crippen LogP contribution in [0.3, 0.4) is 0 Å². The van der Waals surface area contributed by atoms with Crippen LogP contribution in [0.25, 0.3) is 0 Å². The highest BCUT2D eigenvalue weighted by Gasteiger charge is 2.21. The summed E-state index contributed by atoms with van der Waals surface area (Å²) >= 11 is 0. The quantitative estimate of drug-likeness (QED) is 0.945. The molecule has 0 heterocycles. The molecule has 0 aromatic heterocycles. The monoisotopic (exact) mass is 308 g/mol. The molecule has 0 amide bonds. The maximum Gasteiger partial charge on any atom is 0.181 e. The van der Waals surface area contributed by atoms with E-state index in [-0.39, 0.29) is 4.90 Å². The molecular formula is C16H17FO3S. The predicted octanol–water partition coefficient (Wildman–Crippen LogP) is 2.95. The van der Waals surface area contributed by atoms with Crippen LogP contribution in [0.5, 0.6) is 0 Å². The van der Waals surface area contributed by atoms with Gasteiger partial charge in [0, 0.05) is 0 Å². The lowest BCUT2D eigenvalue weighted by atomic mass is 10.0. The number of halogens is 1. The number of aliphatic hydroxyl groups excluding tert-OH is 1. The van der Waals surface area contributed by atoms with Gasteiger partial charge in [0.25, 0.3) is 0 Å². The van der Waals surface area contributed by atoms with E-state index in [0.29, 0.717) is 5.56 Å². The van der Waals surface area contributed by atoms with Gasteiger partial charge in [0.05, 0.1) is 16.8 Å². The molecule has 2 rings (SSSR count). The second-order valence-corrected chi connectivity index (χ2v) is 7.21. The molecule has 112 valence electrons. The zero-order valence-corrected chi connectivity index (χ0v) is 12.7. The van der Waals surface area contributed by atoms with E-state index < -0.39 is 27.5 Å². The van der Waals surface area contributed by atoms with Crippen molar-refractivity contribution < 1.29 is 17.9 Å². The van der Waals surface area contributed by atoms with Crippen LogP contribution in [0.1, 0.15) is 22.8 Å². The fourth-order valence-corrected chi connectivity index (χ4v) is 3.64. The SMILES string of the molecule is Cc1cc(C)cc(C(O)CS(=O)(=O)c2cccc(F)c2)c1. The molecule has 0 spiro atoms. The summed E-state index contributed by atoms with van der Waals surface area (Å²) in [4.78, 5) is -0.120. The van der Waals surface area contributed by atoms with Crippen molar-refractivity contribution in [2.45, 2.75) is 24.8 Å². The van der Waals surface area contributed by atoms with Gasteiger partial charge < -0.3 is 5.11 Å². The lowest BCUT2D eigenvalue weighted by Crippen LogP contribution is -2.15. The van der Waals surface area contributed by atoms with Crippen LogP contribution in [-0.4, -0.2) is 19.3 Å². The Hall–Kier alpha value is -1.72. The Morgan fingerprint density at radius 1 is 1.10 bits per heavy atom. The topological polar surface area (TPSA) is 54.4 Å². The molecule has 3 nitrogen and oxygen atoms in total. The van der Waals surface area contributed by atoms with E-state index in [4.69, 9.17) is 0 Å². The van der Waals surface area contributed by atoms with Gasteiger partial charge in [-0.2, -0.15) is 0 Å². The van der Waals surface area contributed by atoms with Crippen LogP contribution >= 0.6 is 0 Å². The number of hydrogen-bond donors (Lipinski definition) is 1. The first-order chi connectivity index (χ1) is 9.78. The predicted molar refractivity (Wildman–Crippen MR) is 79.3 cm³/mol. The second-order valence-electron chi connectivity index (χ2n) is 5.18. The molecule has 0 saturated carbocycles. The van der Waals surface area contributed by atoms with E-state index in [1.54, 1.807) is 12.1 Å². The minimum absolute atomic E-state index is 0.120. The van der Waals surface area contributed by atoms with Crippen molar-refractivity contribution in [1.82, 2.24) is 0 Å². The van der Waals surface area contributed by atoms with Crippen molar-refractivity contribution in [2.24, 2.45) is 0 Å². The molecular weight excluding hydrogens is 291 g/mol. The smallest absolute Gasteiger partial charge is 0.181 e. The number of aliphatic hydroxyl groups is 1. The lowest BCUT2D eigenvalue weighted by Gasteiger charge is -2.13. The van der Waals surface area contributed by atoms with Gasteiger partial charge in [-0.25, -0.2) is 12.8 Å². The number of benzene rings is 2. The third-order valence-electron chi connectivity index (χ3n) is 3.16. The van der Waals surface area contributed by atoms with E-state index in [2.05, 4.69) is 0 Å².